The molecule has 1 aliphatic rings. The molecule has 114 valence electrons. The fraction of sp³-hybridized carbons (Fsp3) is 0.267. The van der Waals surface area contributed by atoms with Gasteiger partial charge in [0.25, 0.3) is 5.91 Å². The summed E-state index contributed by atoms with van der Waals surface area (Å²) in [5, 5.41) is 2.80. The van der Waals surface area contributed by atoms with Gasteiger partial charge in [-0.05, 0) is 25.3 Å². The molecule has 1 saturated carbocycles. The molecule has 5 nitrogen and oxygen atoms in total. The van der Waals surface area contributed by atoms with E-state index in [4.69, 9.17) is 5.73 Å². The number of hydrogen-bond donors (Lipinski definition) is 2. The number of carbonyl (C=O) groups is 1. The zero-order chi connectivity index (χ0) is 15.7. The predicted molar refractivity (Wildman–Crippen MR) is 75.8 cm³/mol. The van der Waals surface area contributed by atoms with Crippen molar-refractivity contribution in [3.8, 4) is 0 Å². The zero-order valence-corrected chi connectivity index (χ0v) is 11.6. The Morgan fingerprint density at radius 3 is 2.68 bits per heavy atom. The number of amides is 1. The van der Waals surface area contributed by atoms with Gasteiger partial charge in [-0.3, -0.25) is 4.79 Å². The van der Waals surface area contributed by atoms with E-state index in [2.05, 4.69) is 15.3 Å². The van der Waals surface area contributed by atoms with Gasteiger partial charge in [-0.25, -0.2) is 18.7 Å². The lowest BCUT2D eigenvalue weighted by Crippen LogP contribution is -2.51. The van der Waals surface area contributed by atoms with E-state index >= 15 is 0 Å². The van der Waals surface area contributed by atoms with Gasteiger partial charge in [0, 0.05) is 17.8 Å². The van der Waals surface area contributed by atoms with Crippen LogP contribution < -0.4 is 11.1 Å². The quantitative estimate of drug-likeness (QED) is 0.910. The van der Waals surface area contributed by atoms with Gasteiger partial charge in [0.05, 0.1) is 11.1 Å². The first-order chi connectivity index (χ1) is 10.5. The molecule has 3 rings (SSSR count). The van der Waals surface area contributed by atoms with Gasteiger partial charge in [0.1, 0.15) is 23.8 Å². The zero-order valence-electron chi connectivity index (χ0n) is 11.6. The van der Waals surface area contributed by atoms with E-state index in [1.807, 2.05) is 0 Å². The highest BCUT2D eigenvalue weighted by molar-refractivity contribution is 5.98. The first-order valence-corrected chi connectivity index (χ1v) is 6.85. The van der Waals surface area contributed by atoms with Crippen LogP contribution >= 0.6 is 0 Å². The molecule has 0 radical (unpaired) electrons. The van der Waals surface area contributed by atoms with E-state index in [1.54, 1.807) is 0 Å². The molecule has 0 spiro atoms. The van der Waals surface area contributed by atoms with Crippen molar-refractivity contribution in [2.45, 2.75) is 24.8 Å². The lowest BCUT2D eigenvalue weighted by Gasteiger charge is -2.43. The molecule has 1 aliphatic carbocycles. The van der Waals surface area contributed by atoms with Crippen molar-refractivity contribution in [2.75, 3.05) is 5.73 Å². The van der Waals surface area contributed by atoms with Crippen LogP contribution in [0, 0.1) is 11.6 Å². The Balaban J connectivity index is 1.91. The van der Waals surface area contributed by atoms with Crippen molar-refractivity contribution in [1.82, 2.24) is 15.3 Å². The minimum absolute atomic E-state index is 0.0570. The second kappa shape index (κ2) is 5.32. The molecule has 0 unspecified atom stereocenters. The van der Waals surface area contributed by atoms with Crippen LogP contribution in [0.5, 0.6) is 0 Å². The molecule has 0 atom stereocenters. The summed E-state index contributed by atoms with van der Waals surface area (Å²) in [6.07, 6.45) is 4.55. The first-order valence-electron chi connectivity index (χ1n) is 6.85. The van der Waals surface area contributed by atoms with Crippen LogP contribution in [0.15, 0.2) is 30.7 Å². The normalized spacial score (nSPS) is 15.9. The van der Waals surface area contributed by atoms with Crippen molar-refractivity contribution in [3.63, 3.8) is 0 Å². The number of rotatable bonds is 3. The largest absolute Gasteiger partial charge is 0.383 e. The van der Waals surface area contributed by atoms with E-state index in [0.29, 0.717) is 12.8 Å². The number of aromatic nitrogens is 2. The molecular formula is C15H14F2N4O. The molecule has 1 aromatic heterocycles. The minimum Gasteiger partial charge on any atom is -0.383 e. The molecule has 1 aromatic carbocycles. The maximum absolute atomic E-state index is 14.1. The number of nitrogen functional groups attached to an aromatic ring is 1. The minimum atomic E-state index is -0.836. The first kappa shape index (κ1) is 14.4. The number of halogens is 2. The summed E-state index contributed by atoms with van der Waals surface area (Å²) in [7, 11) is 0. The standard InChI is InChI=1S/C15H14F2N4O/c16-9-2-3-11(12(17)6-9)15(4-1-5-15)21-14(22)10-7-19-8-20-13(10)18/h2-3,6-8H,1,4-5H2,(H,21,22)(H2,18,19,20). The highest BCUT2D eigenvalue weighted by Crippen LogP contribution is 2.42. The molecule has 0 saturated heterocycles. The average molecular weight is 304 g/mol. The van der Waals surface area contributed by atoms with Crippen molar-refractivity contribution < 1.29 is 13.6 Å². The lowest BCUT2D eigenvalue weighted by atomic mass is 9.71. The smallest absolute Gasteiger partial charge is 0.257 e. The van der Waals surface area contributed by atoms with Gasteiger partial charge >= 0.3 is 0 Å². The fourth-order valence-corrected chi connectivity index (χ4v) is 2.67. The van der Waals surface area contributed by atoms with Crippen LogP contribution in [-0.4, -0.2) is 15.9 Å². The summed E-state index contributed by atoms with van der Waals surface area (Å²) < 4.78 is 27.1. The Labute approximate surface area is 125 Å². The molecule has 0 bridgehead atoms. The Bertz CT molecular complexity index is 731. The summed E-state index contributed by atoms with van der Waals surface area (Å²) >= 11 is 0. The third-order valence-corrected chi connectivity index (χ3v) is 3.99. The molecule has 7 heteroatoms. The monoisotopic (exact) mass is 304 g/mol. The SMILES string of the molecule is Nc1ncncc1C(=O)NC1(c2ccc(F)cc2F)CCC1. The van der Waals surface area contributed by atoms with Gasteiger partial charge in [-0.2, -0.15) is 0 Å². The Hall–Kier alpha value is -2.57. The fourth-order valence-electron chi connectivity index (χ4n) is 2.67. The second-order valence-corrected chi connectivity index (χ2v) is 5.34. The van der Waals surface area contributed by atoms with Crippen LogP contribution in [-0.2, 0) is 5.54 Å². The predicted octanol–water partition coefficient (Wildman–Crippen LogP) is 2.15. The van der Waals surface area contributed by atoms with Gasteiger partial charge in [0.2, 0.25) is 0 Å². The molecule has 1 fully saturated rings. The molecular weight excluding hydrogens is 290 g/mol. The van der Waals surface area contributed by atoms with Crippen LogP contribution in [0.4, 0.5) is 14.6 Å². The lowest BCUT2D eigenvalue weighted by molar-refractivity contribution is 0.0818. The van der Waals surface area contributed by atoms with Crippen LogP contribution in [0.2, 0.25) is 0 Å². The number of nitrogens with one attached hydrogen (secondary N) is 1. The van der Waals surface area contributed by atoms with Crippen molar-refractivity contribution in [2.24, 2.45) is 0 Å². The molecule has 0 aliphatic heterocycles. The highest BCUT2D eigenvalue weighted by Gasteiger charge is 2.42. The number of nitrogens with two attached hydrogens (primary N) is 1. The van der Waals surface area contributed by atoms with E-state index in [0.717, 1.165) is 12.5 Å². The Kier molecular flexibility index (Phi) is 3.48. The van der Waals surface area contributed by atoms with Gasteiger partial charge in [-0.15, -0.1) is 0 Å². The van der Waals surface area contributed by atoms with Gasteiger partial charge in [-0.1, -0.05) is 6.07 Å². The maximum atomic E-state index is 14.1. The van der Waals surface area contributed by atoms with Crippen LogP contribution in [0.3, 0.4) is 0 Å². The number of carbonyl (C=O) groups excluding carboxylic acids is 1. The maximum Gasteiger partial charge on any atom is 0.257 e. The van der Waals surface area contributed by atoms with E-state index in [9.17, 15) is 13.6 Å². The molecule has 2 aromatic rings. The third-order valence-electron chi connectivity index (χ3n) is 3.99. The molecule has 3 N–H and O–H groups in total. The van der Waals surface area contributed by atoms with Crippen molar-refractivity contribution in [3.05, 3.63) is 53.5 Å². The highest BCUT2D eigenvalue weighted by atomic mass is 19.1. The van der Waals surface area contributed by atoms with E-state index in [1.165, 1.54) is 24.7 Å². The third kappa shape index (κ3) is 2.38. The molecule has 1 heterocycles. The van der Waals surface area contributed by atoms with Crippen molar-refractivity contribution in [1.29, 1.82) is 0 Å². The summed E-state index contributed by atoms with van der Waals surface area (Å²) in [5.41, 5.74) is 5.23. The summed E-state index contributed by atoms with van der Waals surface area (Å²) in [5.74, 6) is -1.73. The summed E-state index contributed by atoms with van der Waals surface area (Å²) in [4.78, 5) is 19.9. The van der Waals surface area contributed by atoms with Crippen LogP contribution in [0.1, 0.15) is 35.2 Å². The number of benzene rings is 1. The Morgan fingerprint density at radius 1 is 1.32 bits per heavy atom. The second-order valence-electron chi connectivity index (χ2n) is 5.34. The molecule has 22 heavy (non-hydrogen) atoms. The van der Waals surface area contributed by atoms with E-state index in [-0.39, 0.29) is 16.9 Å². The van der Waals surface area contributed by atoms with Gasteiger partial charge < -0.3 is 11.1 Å². The topological polar surface area (TPSA) is 80.9 Å². The summed E-state index contributed by atoms with van der Waals surface area (Å²) in [6, 6.07) is 3.38. The van der Waals surface area contributed by atoms with E-state index < -0.39 is 23.1 Å². The number of nitrogens with zero attached hydrogens (tertiary/aromatic N) is 2. The molecule has 1 amide bonds. The number of hydrogen-bond acceptors (Lipinski definition) is 4. The van der Waals surface area contributed by atoms with Gasteiger partial charge in [0.15, 0.2) is 0 Å². The average Bonchev–Trinajstić information content (AvgIpc) is 2.44. The van der Waals surface area contributed by atoms with Crippen LogP contribution in [0.25, 0.3) is 0 Å². The Morgan fingerprint density at radius 2 is 2.09 bits per heavy atom. The summed E-state index contributed by atoms with van der Waals surface area (Å²) in [6.45, 7) is 0. The van der Waals surface area contributed by atoms with Crippen molar-refractivity contribution >= 4 is 11.7 Å². The number of anilines is 1.